The number of ether oxygens (including phenoxy) is 1. The van der Waals surface area contributed by atoms with Crippen LogP contribution in [0.1, 0.15) is 39.7 Å². The lowest BCUT2D eigenvalue weighted by Crippen LogP contribution is -2.25. The Hall–Kier alpha value is -1.02. The summed E-state index contributed by atoms with van der Waals surface area (Å²) in [6.45, 7) is 11.5. The van der Waals surface area contributed by atoms with Gasteiger partial charge in [0.1, 0.15) is 5.75 Å². The first-order chi connectivity index (χ1) is 8.11. The van der Waals surface area contributed by atoms with E-state index in [0.717, 1.165) is 31.9 Å². The van der Waals surface area contributed by atoms with Crippen molar-refractivity contribution in [3.63, 3.8) is 0 Å². The Labute approximate surface area is 105 Å². The third-order valence-electron chi connectivity index (χ3n) is 3.09. The van der Waals surface area contributed by atoms with Gasteiger partial charge in [-0.3, -0.25) is 0 Å². The van der Waals surface area contributed by atoms with Gasteiger partial charge in [-0.05, 0) is 43.5 Å². The molecular weight excluding hydrogens is 210 g/mol. The van der Waals surface area contributed by atoms with Crippen LogP contribution in [-0.2, 0) is 5.41 Å². The minimum atomic E-state index is 0.147. The van der Waals surface area contributed by atoms with Crippen molar-refractivity contribution in [1.29, 1.82) is 0 Å². The summed E-state index contributed by atoms with van der Waals surface area (Å²) in [5.74, 6) is 1.02. The highest BCUT2D eigenvalue weighted by molar-refractivity contribution is 5.38. The quantitative estimate of drug-likeness (QED) is 0.732. The Morgan fingerprint density at radius 2 is 1.88 bits per heavy atom. The van der Waals surface area contributed by atoms with E-state index in [1.807, 2.05) is 13.0 Å². The van der Waals surface area contributed by atoms with Crippen molar-refractivity contribution in [3.8, 4) is 5.75 Å². The van der Waals surface area contributed by atoms with E-state index in [9.17, 15) is 0 Å². The smallest absolute Gasteiger partial charge is 0.123 e. The van der Waals surface area contributed by atoms with Crippen molar-refractivity contribution in [3.05, 3.63) is 29.8 Å². The second-order valence-corrected chi connectivity index (χ2v) is 4.92. The van der Waals surface area contributed by atoms with Crippen molar-refractivity contribution in [2.24, 2.45) is 0 Å². The summed E-state index contributed by atoms with van der Waals surface area (Å²) in [7, 11) is 0. The molecule has 2 nitrogen and oxygen atoms in total. The Bertz CT molecular complexity index is 333. The zero-order valence-corrected chi connectivity index (χ0v) is 11.5. The third kappa shape index (κ3) is 4.04. The molecule has 0 saturated carbocycles. The normalized spacial score (nSPS) is 11.5. The topological polar surface area (TPSA) is 21.3 Å². The lowest BCUT2D eigenvalue weighted by molar-refractivity contribution is 0.324. The molecule has 1 aromatic carbocycles. The zero-order chi connectivity index (χ0) is 12.7. The van der Waals surface area contributed by atoms with Crippen molar-refractivity contribution in [2.75, 3.05) is 19.7 Å². The molecule has 0 aliphatic heterocycles. The standard InChI is InChI=1S/C15H25NO/c1-5-16-12-11-15(3,4)13-9-7-8-10-14(13)17-6-2/h7-10,16H,5-6,11-12H2,1-4H3. The average molecular weight is 235 g/mol. The van der Waals surface area contributed by atoms with Gasteiger partial charge in [0.05, 0.1) is 6.61 Å². The number of nitrogens with one attached hydrogen (secondary N) is 1. The molecule has 0 bridgehead atoms. The van der Waals surface area contributed by atoms with Crippen LogP contribution in [0.25, 0.3) is 0 Å². The third-order valence-corrected chi connectivity index (χ3v) is 3.09. The molecule has 0 aliphatic carbocycles. The van der Waals surface area contributed by atoms with Gasteiger partial charge < -0.3 is 10.1 Å². The number of hydrogen-bond donors (Lipinski definition) is 1. The van der Waals surface area contributed by atoms with E-state index in [1.165, 1.54) is 5.56 Å². The summed E-state index contributed by atoms with van der Waals surface area (Å²) < 4.78 is 5.71. The van der Waals surface area contributed by atoms with Gasteiger partial charge in [0.2, 0.25) is 0 Å². The van der Waals surface area contributed by atoms with Gasteiger partial charge in [-0.1, -0.05) is 39.0 Å². The first-order valence-corrected chi connectivity index (χ1v) is 6.55. The van der Waals surface area contributed by atoms with E-state index in [1.54, 1.807) is 0 Å². The van der Waals surface area contributed by atoms with Crippen LogP contribution in [0.5, 0.6) is 5.75 Å². The van der Waals surface area contributed by atoms with Crippen molar-refractivity contribution >= 4 is 0 Å². The van der Waals surface area contributed by atoms with Crippen molar-refractivity contribution < 1.29 is 4.74 Å². The molecule has 0 heterocycles. The number of para-hydroxylation sites is 1. The van der Waals surface area contributed by atoms with Crippen LogP contribution in [0, 0.1) is 0 Å². The van der Waals surface area contributed by atoms with Gasteiger partial charge in [-0.2, -0.15) is 0 Å². The molecule has 17 heavy (non-hydrogen) atoms. The van der Waals surface area contributed by atoms with E-state index in [-0.39, 0.29) is 5.41 Å². The second kappa shape index (κ2) is 6.65. The fraction of sp³-hybridized carbons (Fsp3) is 0.600. The van der Waals surface area contributed by atoms with E-state index in [4.69, 9.17) is 4.74 Å². The maximum atomic E-state index is 5.71. The van der Waals surface area contributed by atoms with Crippen LogP contribution >= 0.6 is 0 Å². The Balaban J connectivity index is 2.81. The largest absolute Gasteiger partial charge is 0.494 e. The van der Waals surface area contributed by atoms with Gasteiger partial charge in [0.25, 0.3) is 0 Å². The fourth-order valence-electron chi connectivity index (χ4n) is 2.02. The first kappa shape index (κ1) is 14.0. The fourth-order valence-corrected chi connectivity index (χ4v) is 2.02. The second-order valence-electron chi connectivity index (χ2n) is 4.92. The summed E-state index contributed by atoms with van der Waals surface area (Å²) in [5, 5.41) is 3.38. The van der Waals surface area contributed by atoms with Gasteiger partial charge in [0, 0.05) is 0 Å². The summed E-state index contributed by atoms with van der Waals surface area (Å²) in [6, 6.07) is 8.37. The van der Waals surface area contributed by atoms with Gasteiger partial charge in [0.15, 0.2) is 0 Å². The highest BCUT2D eigenvalue weighted by atomic mass is 16.5. The molecule has 0 spiro atoms. The van der Waals surface area contributed by atoms with Crippen LogP contribution in [-0.4, -0.2) is 19.7 Å². The molecule has 0 saturated heterocycles. The Morgan fingerprint density at radius 1 is 1.18 bits per heavy atom. The van der Waals surface area contributed by atoms with Gasteiger partial charge >= 0.3 is 0 Å². The summed E-state index contributed by atoms with van der Waals surface area (Å²) >= 11 is 0. The highest BCUT2D eigenvalue weighted by Crippen LogP contribution is 2.33. The van der Waals surface area contributed by atoms with Gasteiger partial charge in [-0.25, -0.2) is 0 Å². The summed E-state index contributed by atoms with van der Waals surface area (Å²) in [4.78, 5) is 0. The Kier molecular flexibility index (Phi) is 5.49. The van der Waals surface area contributed by atoms with E-state index < -0.39 is 0 Å². The van der Waals surface area contributed by atoms with E-state index >= 15 is 0 Å². The molecular formula is C15H25NO. The zero-order valence-electron chi connectivity index (χ0n) is 11.5. The molecule has 1 N–H and O–H groups in total. The van der Waals surface area contributed by atoms with E-state index in [2.05, 4.69) is 44.3 Å². The minimum Gasteiger partial charge on any atom is -0.494 e. The molecule has 96 valence electrons. The molecule has 1 aromatic rings. The van der Waals surface area contributed by atoms with Crippen LogP contribution in [0.4, 0.5) is 0 Å². The lowest BCUT2D eigenvalue weighted by Gasteiger charge is -2.27. The number of rotatable bonds is 7. The average Bonchev–Trinajstić information content (AvgIpc) is 2.30. The molecule has 0 fully saturated rings. The molecule has 0 atom stereocenters. The molecule has 0 unspecified atom stereocenters. The number of hydrogen-bond acceptors (Lipinski definition) is 2. The predicted octanol–water partition coefficient (Wildman–Crippen LogP) is 3.36. The number of benzene rings is 1. The predicted molar refractivity (Wildman–Crippen MR) is 73.8 cm³/mol. The van der Waals surface area contributed by atoms with Crippen LogP contribution in [0.15, 0.2) is 24.3 Å². The van der Waals surface area contributed by atoms with Gasteiger partial charge in [-0.15, -0.1) is 0 Å². The van der Waals surface area contributed by atoms with Crippen molar-refractivity contribution in [2.45, 2.75) is 39.5 Å². The molecule has 0 amide bonds. The first-order valence-electron chi connectivity index (χ1n) is 6.55. The molecule has 2 heteroatoms. The maximum absolute atomic E-state index is 5.71. The highest BCUT2D eigenvalue weighted by Gasteiger charge is 2.23. The monoisotopic (exact) mass is 235 g/mol. The Morgan fingerprint density at radius 3 is 2.53 bits per heavy atom. The van der Waals surface area contributed by atoms with E-state index in [0.29, 0.717) is 0 Å². The molecule has 0 aromatic heterocycles. The SMILES string of the molecule is CCNCCC(C)(C)c1ccccc1OCC. The summed E-state index contributed by atoms with van der Waals surface area (Å²) in [6.07, 6.45) is 1.12. The summed E-state index contributed by atoms with van der Waals surface area (Å²) in [5.41, 5.74) is 1.45. The van der Waals surface area contributed by atoms with Crippen LogP contribution in [0.3, 0.4) is 0 Å². The van der Waals surface area contributed by atoms with Crippen LogP contribution in [0.2, 0.25) is 0 Å². The molecule has 0 aliphatic rings. The van der Waals surface area contributed by atoms with Crippen molar-refractivity contribution in [1.82, 2.24) is 5.32 Å². The molecule has 0 radical (unpaired) electrons. The van der Waals surface area contributed by atoms with Crippen LogP contribution < -0.4 is 10.1 Å². The maximum Gasteiger partial charge on any atom is 0.123 e. The lowest BCUT2D eigenvalue weighted by atomic mass is 9.81. The minimum absolute atomic E-state index is 0.147. The molecule has 1 rings (SSSR count).